The monoisotopic (exact) mass is 259 g/mol. The van der Waals surface area contributed by atoms with Crippen molar-refractivity contribution in [1.82, 2.24) is 4.90 Å². The first-order valence-corrected chi connectivity index (χ1v) is 7.31. The van der Waals surface area contributed by atoms with Crippen molar-refractivity contribution in [2.24, 2.45) is 0 Å². The first kappa shape index (κ1) is 12.7. The van der Waals surface area contributed by atoms with E-state index < -0.39 is 5.97 Å². The van der Waals surface area contributed by atoms with Crippen molar-refractivity contribution in [2.45, 2.75) is 44.1 Å². The minimum Gasteiger partial charge on any atom is -0.478 e. The number of carboxylic acids is 1. The van der Waals surface area contributed by atoms with Crippen LogP contribution in [0.3, 0.4) is 0 Å². The fraction of sp³-hybridized carbons (Fsp3) is 0.562. The van der Waals surface area contributed by atoms with E-state index >= 15 is 0 Å². The van der Waals surface area contributed by atoms with Crippen LogP contribution in [0.1, 0.15) is 53.9 Å². The predicted molar refractivity (Wildman–Crippen MR) is 74.6 cm³/mol. The molecule has 0 radical (unpaired) electrons. The van der Waals surface area contributed by atoms with Gasteiger partial charge in [0.1, 0.15) is 0 Å². The molecule has 2 aliphatic rings. The molecule has 2 fully saturated rings. The highest BCUT2D eigenvalue weighted by Gasteiger charge is 2.30. The maximum Gasteiger partial charge on any atom is 0.335 e. The van der Waals surface area contributed by atoms with Gasteiger partial charge in [-0.1, -0.05) is 25.0 Å². The van der Waals surface area contributed by atoms with Crippen LogP contribution in [-0.4, -0.2) is 35.1 Å². The standard InChI is InChI=1S/C16H21NO2/c18-16(19)13-7-5-12(6-8-13)14-9-10-17(11-14)15-3-1-2-4-15/h5-8,14-15H,1-4,9-11H2,(H,18,19). The zero-order valence-electron chi connectivity index (χ0n) is 11.2. The molecule has 3 nitrogen and oxygen atoms in total. The van der Waals surface area contributed by atoms with Crippen molar-refractivity contribution in [3.63, 3.8) is 0 Å². The summed E-state index contributed by atoms with van der Waals surface area (Å²) in [5.74, 6) is -0.256. The Balaban J connectivity index is 1.65. The number of hydrogen-bond donors (Lipinski definition) is 1. The van der Waals surface area contributed by atoms with Gasteiger partial charge in [-0.15, -0.1) is 0 Å². The van der Waals surface area contributed by atoms with E-state index in [1.54, 1.807) is 12.1 Å². The Kier molecular flexibility index (Phi) is 3.56. The van der Waals surface area contributed by atoms with E-state index in [2.05, 4.69) is 4.90 Å². The summed E-state index contributed by atoms with van der Waals surface area (Å²) in [6, 6.07) is 8.26. The van der Waals surface area contributed by atoms with Crippen molar-refractivity contribution in [1.29, 1.82) is 0 Å². The third-order valence-corrected chi connectivity index (χ3v) is 4.69. The lowest BCUT2D eigenvalue weighted by Gasteiger charge is -2.23. The van der Waals surface area contributed by atoms with Gasteiger partial charge in [-0.25, -0.2) is 4.79 Å². The molecule has 3 rings (SSSR count). The Bertz CT molecular complexity index is 448. The zero-order chi connectivity index (χ0) is 13.2. The minimum absolute atomic E-state index is 0.384. The zero-order valence-corrected chi connectivity index (χ0v) is 11.2. The number of carbonyl (C=O) groups is 1. The van der Waals surface area contributed by atoms with Gasteiger partial charge in [0.25, 0.3) is 0 Å². The van der Waals surface area contributed by atoms with Crippen LogP contribution >= 0.6 is 0 Å². The van der Waals surface area contributed by atoms with Crippen LogP contribution in [0.5, 0.6) is 0 Å². The summed E-state index contributed by atoms with van der Waals surface area (Å²) in [6.07, 6.45) is 6.72. The van der Waals surface area contributed by atoms with Crippen molar-refractivity contribution >= 4 is 5.97 Å². The van der Waals surface area contributed by atoms with Crippen LogP contribution in [0.4, 0.5) is 0 Å². The van der Waals surface area contributed by atoms with E-state index in [-0.39, 0.29) is 0 Å². The second-order valence-corrected chi connectivity index (χ2v) is 5.85. The summed E-state index contributed by atoms with van der Waals surface area (Å²) in [7, 11) is 0. The quantitative estimate of drug-likeness (QED) is 0.906. The van der Waals surface area contributed by atoms with Gasteiger partial charge in [0.2, 0.25) is 0 Å². The summed E-state index contributed by atoms with van der Waals surface area (Å²) >= 11 is 0. The van der Waals surface area contributed by atoms with E-state index in [1.165, 1.54) is 44.2 Å². The third-order valence-electron chi connectivity index (χ3n) is 4.69. The number of hydrogen-bond acceptors (Lipinski definition) is 2. The Hall–Kier alpha value is -1.35. The molecule has 1 atom stereocenters. The molecule has 19 heavy (non-hydrogen) atoms. The number of carboxylic acid groups (broad SMARTS) is 1. The van der Waals surface area contributed by atoms with Gasteiger partial charge in [-0.05, 0) is 49.4 Å². The van der Waals surface area contributed by atoms with Gasteiger partial charge in [0, 0.05) is 12.6 Å². The van der Waals surface area contributed by atoms with Crippen LogP contribution in [-0.2, 0) is 0 Å². The molecule has 0 amide bonds. The van der Waals surface area contributed by atoms with Gasteiger partial charge in [-0.2, -0.15) is 0 Å². The number of benzene rings is 1. The van der Waals surface area contributed by atoms with Crippen LogP contribution in [0, 0.1) is 0 Å². The van der Waals surface area contributed by atoms with Crippen molar-refractivity contribution in [3.05, 3.63) is 35.4 Å². The topological polar surface area (TPSA) is 40.5 Å². The summed E-state index contributed by atoms with van der Waals surface area (Å²) in [5.41, 5.74) is 1.68. The molecule has 1 aliphatic carbocycles. The van der Waals surface area contributed by atoms with E-state index in [4.69, 9.17) is 5.11 Å². The second-order valence-electron chi connectivity index (χ2n) is 5.85. The summed E-state index contributed by atoms with van der Waals surface area (Å²) in [6.45, 7) is 2.35. The molecule has 1 aliphatic heterocycles. The highest BCUT2D eigenvalue weighted by molar-refractivity contribution is 5.87. The molecule has 1 saturated carbocycles. The van der Waals surface area contributed by atoms with Crippen LogP contribution in [0.25, 0.3) is 0 Å². The van der Waals surface area contributed by atoms with E-state index in [9.17, 15) is 4.79 Å². The smallest absolute Gasteiger partial charge is 0.335 e. The molecule has 1 saturated heterocycles. The van der Waals surface area contributed by atoms with Crippen LogP contribution in [0.2, 0.25) is 0 Å². The van der Waals surface area contributed by atoms with Crippen molar-refractivity contribution < 1.29 is 9.90 Å². The molecular weight excluding hydrogens is 238 g/mol. The Morgan fingerprint density at radius 1 is 1.11 bits per heavy atom. The first-order chi connectivity index (χ1) is 9.24. The molecule has 1 aromatic carbocycles. The number of aromatic carboxylic acids is 1. The number of rotatable bonds is 3. The molecule has 3 heteroatoms. The third kappa shape index (κ3) is 2.66. The molecule has 0 spiro atoms. The maximum atomic E-state index is 10.9. The first-order valence-electron chi connectivity index (χ1n) is 7.31. The van der Waals surface area contributed by atoms with Gasteiger partial charge >= 0.3 is 5.97 Å². The molecular formula is C16H21NO2. The summed E-state index contributed by atoms with van der Waals surface area (Å²) < 4.78 is 0. The minimum atomic E-state index is -0.842. The lowest BCUT2D eigenvalue weighted by atomic mass is 9.97. The van der Waals surface area contributed by atoms with Gasteiger partial charge < -0.3 is 5.11 Å². The Labute approximate surface area is 114 Å². The molecule has 0 aromatic heterocycles. The second kappa shape index (κ2) is 5.33. The molecule has 0 bridgehead atoms. The Morgan fingerprint density at radius 2 is 1.79 bits per heavy atom. The van der Waals surface area contributed by atoms with Crippen molar-refractivity contribution in [2.75, 3.05) is 13.1 Å². The molecule has 1 heterocycles. The van der Waals surface area contributed by atoms with Crippen LogP contribution in [0.15, 0.2) is 24.3 Å². The normalized spacial score (nSPS) is 24.9. The highest BCUT2D eigenvalue weighted by atomic mass is 16.4. The number of likely N-dealkylation sites (tertiary alicyclic amines) is 1. The van der Waals surface area contributed by atoms with Crippen molar-refractivity contribution in [3.8, 4) is 0 Å². The molecule has 1 aromatic rings. The van der Waals surface area contributed by atoms with Crippen LogP contribution < -0.4 is 0 Å². The lowest BCUT2D eigenvalue weighted by molar-refractivity contribution is 0.0697. The maximum absolute atomic E-state index is 10.9. The average molecular weight is 259 g/mol. The fourth-order valence-electron chi connectivity index (χ4n) is 3.56. The molecule has 1 N–H and O–H groups in total. The Morgan fingerprint density at radius 3 is 2.42 bits per heavy atom. The molecule has 102 valence electrons. The van der Waals surface area contributed by atoms with E-state index in [0.717, 1.165) is 12.6 Å². The predicted octanol–water partition coefficient (Wildman–Crippen LogP) is 3.12. The van der Waals surface area contributed by atoms with Gasteiger partial charge in [-0.3, -0.25) is 4.90 Å². The fourth-order valence-corrected chi connectivity index (χ4v) is 3.56. The SMILES string of the molecule is O=C(O)c1ccc(C2CCN(C3CCCC3)C2)cc1. The van der Waals surface area contributed by atoms with Gasteiger partial charge in [0.15, 0.2) is 0 Å². The highest BCUT2D eigenvalue weighted by Crippen LogP contribution is 2.33. The molecule has 1 unspecified atom stereocenters. The average Bonchev–Trinajstić information content (AvgIpc) is 3.10. The largest absolute Gasteiger partial charge is 0.478 e. The van der Waals surface area contributed by atoms with E-state index in [0.29, 0.717) is 11.5 Å². The number of nitrogens with zero attached hydrogens (tertiary/aromatic N) is 1. The van der Waals surface area contributed by atoms with Gasteiger partial charge in [0.05, 0.1) is 5.56 Å². The lowest BCUT2D eigenvalue weighted by Crippen LogP contribution is -2.30. The van der Waals surface area contributed by atoms with E-state index in [1.807, 2.05) is 12.1 Å². The summed E-state index contributed by atoms with van der Waals surface area (Å²) in [4.78, 5) is 13.5. The summed E-state index contributed by atoms with van der Waals surface area (Å²) in [5, 5.41) is 8.92.